The Kier molecular flexibility index (Phi) is 5.62. The third-order valence-electron chi connectivity index (χ3n) is 3.54. The molecule has 0 bridgehead atoms. The van der Waals surface area contributed by atoms with Crippen LogP contribution in [0.2, 0.25) is 0 Å². The molecule has 1 N–H and O–H groups in total. The Morgan fingerprint density at radius 3 is 2.67 bits per heavy atom. The van der Waals surface area contributed by atoms with Crippen molar-refractivity contribution in [3.63, 3.8) is 0 Å². The smallest absolute Gasteiger partial charge is 0.00793 e. The first kappa shape index (κ1) is 13.0. The predicted molar refractivity (Wildman–Crippen MR) is 67.1 cm³/mol. The SMILES string of the molecule is CCN1CCCC(C(C)NCC(C)C)C1. The minimum absolute atomic E-state index is 0.682. The fourth-order valence-electron chi connectivity index (χ4n) is 2.37. The van der Waals surface area contributed by atoms with E-state index in [-0.39, 0.29) is 0 Å². The molecule has 1 aliphatic heterocycles. The van der Waals surface area contributed by atoms with Gasteiger partial charge in [-0.1, -0.05) is 20.8 Å². The summed E-state index contributed by atoms with van der Waals surface area (Å²) >= 11 is 0. The zero-order chi connectivity index (χ0) is 11.3. The van der Waals surface area contributed by atoms with Gasteiger partial charge in [0.1, 0.15) is 0 Å². The third kappa shape index (κ3) is 4.52. The third-order valence-corrected chi connectivity index (χ3v) is 3.54. The Balaban J connectivity index is 2.28. The summed E-state index contributed by atoms with van der Waals surface area (Å²) in [7, 11) is 0. The van der Waals surface area contributed by atoms with Crippen LogP contribution in [-0.2, 0) is 0 Å². The maximum atomic E-state index is 3.67. The van der Waals surface area contributed by atoms with Gasteiger partial charge >= 0.3 is 0 Å². The summed E-state index contributed by atoms with van der Waals surface area (Å²) in [4.78, 5) is 2.59. The van der Waals surface area contributed by atoms with E-state index in [1.54, 1.807) is 0 Å². The molecule has 0 aromatic rings. The van der Waals surface area contributed by atoms with Gasteiger partial charge in [-0.05, 0) is 51.2 Å². The quantitative estimate of drug-likeness (QED) is 0.752. The lowest BCUT2D eigenvalue weighted by atomic mass is 9.91. The Morgan fingerprint density at radius 2 is 2.07 bits per heavy atom. The van der Waals surface area contributed by atoms with E-state index in [1.807, 2.05) is 0 Å². The van der Waals surface area contributed by atoms with E-state index in [0.717, 1.165) is 18.4 Å². The number of hydrogen-bond acceptors (Lipinski definition) is 2. The largest absolute Gasteiger partial charge is 0.314 e. The van der Waals surface area contributed by atoms with Crippen LogP contribution in [0.25, 0.3) is 0 Å². The van der Waals surface area contributed by atoms with Crippen molar-refractivity contribution in [1.82, 2.24) is 10.2 Å². The first-order valence-electron chi connectivity index (χ1n) is 6.59. The van der Waals surface area contributed by atoms with Crippen molar-refractivity contribution in [2.75, 3.05) is 26.2 Å². The highest BCUT2D eigenvalue weighted by Gasteiger charge is 2.23. The second kappa shape index (κ2) is 6.49. The fourth-order valence-corrected chi connectivity index (χ4v) is 2.37. The topological polar surface area (TPSA) is 15.3 Å². The number of nitrogens with one attached hydrogen (secondary N) is 1. The zero-order valence-corrected chi connectivity index (χ0v) is 10.9. The van der Waals surface area contributed by atoms with Gasteiger partial charge < -0.3 is 10.2 Å². The molecule has 1 saturated heterocycles. The Bertz CT molecular complexity index is 168. The molecule has 0 amide bonds. The molecule has 0 aromatic heterocycles. The van der Waals surface area contributed by atoms with Crippen molar-refractivity contribution in [2.45, 2.75) is 46.6 Å². The van der Waals surface area contributed by atoms with Crippen molar-refractivity contribution >= 4 is 0 Å². The van der Waals surface area contributed by atoms with Gasteiger partial charge in [0.25, 0.3) is 0 Å². The summed E-state index contributed by atoms with van der Waals surface area (Å²) in [6.07, 6.45) is 2.79. The van der Waals surface area contributed by atoms with E-state index in [4.69, 9.17) is 0 Å². The summed E-state index contributed by atoms with van der Waals surface area (Å²) in [6, 6.07) is 0.682. The first-order chi connectivity index (χ1) is 7.13. The standard InChI is InChI=1S/C13H28N2/c1-5-15-8-6-7-13(10-15)12(4)14-9-11(2)3/h11-14H,5-10H2,1-4H3. The molecule has 0 aliphatic carbocycles. The van der Waals surface area contributed by atoms with Crippen LogP contribution < -0.4 is 5.32 Å². The lowest BCUT2D eigenvalue weighted by Crippen LogP contribution is -2.45. The molecule has 2 atom stereocenters. The van der Waals surface area contributed by atoms with Gasteiger partial charge in [0.05, 0.1) is 0 Å². The average molecular weight is 212 g/mol. The summed E-state index contributed by atoms with van der Waals surface area (Å²) in [5.74, 6) is 1.62. The molecule has 2 heteroatoms. The highest BCUT2D eigenvalue weighted by atomic mass is 15.1. The van der Waals surface area contributed by atoms with Crippen molar-refractivity contribution < 1.29 is 0 Å². The minimum Gasteiger partial charge on any atom is -0.314 e. The molecule has 2 nitrogen and oxygen atoms in total. The molecule has 0 radical (unpaired) electrons. The second-order valence-electron chi connectivity index (χ2n) is 5.39. The van der Waals surface area contributed by atoms with Crippen LogP contribution in [0.4, 0.5) is 0 Å². The molecule has 0 saturated carbocycles. The van der Waals surface area contributed by atoms with E-state index >= 15 is 0 Å². The highest BCUT2D eigenvalue weighted by Crippen LogP contribution is 2.19. The first-order valence-corrected chi connectivity index (χ1v) is 6.59. The van der Waals surface area contributed by atoms with E-state index in [2.05, 4.69) is 37.9 Å². The number of rotatable bonds is 5. The molecule has 0 aromatic carbocycles. The molecular weight excluding hydrogens is 184 g/mol. The van der Waals surface area contributed by atoms with Crippen LogP contribution in [0.5, 0.6) is 0 Å². The number of piperidine rings is 1. The van der Waals surface area contributed by atoms with Gasteiger partial charge in [-0.25, -0.2) is 0 Å². The lowest BCUT2D eigenvalue weighted by molar-refractivity contribution is 0.156. The van der Waals surface area contributed by atoms with Crippen LogP contribution >= 0.6 is 0 Å². The van der Waals surface area contributed by atoms with E-state index in [0.29, 0.717) is 6.04 Å². The normalized spacial score (nSPS) is 25.8. The van der Waals surface area contributed by atoms with Gasteiger partial charge in [0.15, 0.2) is 0 Å². The molecule has 0 spiro atoms. The minimum atomic E-state index is 0.682. The molecule has 1 heterocycles. The fraction of sp³-hybridized carbons (Fsp3) is 1.00. The summed E-state index contributed by atoms with van der Waals surface area (Å²) in [5, 5.41) is 3.67. The highest BCUT2D eigenvalue weighted by molar-refractivity contribution is 4.80. The molecular formula is C13H28N2. The van der Waals surface area contributed by atoms with Gasteiger partial charge in [-0.3, -0.25) is 0 Å². The Hall–Kier alpha value is -0.0800. The van der Waals surface area contributed by atoms with Crippen LogP contribution in [-0.4, -0.2) is 37.1 Å². The molecule has 1 rings (SSSR count). The van der Waals surface area contributed by atoms with Crippen molar-refractivity contribution in [3.05, 3.63) is 0 Å². The number of nitrogens with zero attached hydrogens (tertiary/aromatic N) is 1. The van der Waals surface area contributed by atoms with E-state index in [1.165, 1.54) is 32.5 Å². The molecule has 1 aliphatic rings. The average Bonchev–Trinajstić information content (AvgIpc) is 2.26. The Labute approximate surface area is 95.4 Å². The van der Waals surface area contributed by atoms with Crippen LogP contribution in [0, 0.1) is 11.8 Å². The summed E-state index contributed by atoms with van der Waals surface area (Å²) in [5.41, 5.74) is 0. The molecule has 1 fully saturated rings. The molecule has 15 heavy (non-hydrogen) atoms. The zero-order valence-electron chi connectivity index (χ0n) is 10.9. The van der Waals surface area contributed by atoms with Gasteiger partial charge in [-0.15, -0.1) is 0 Å². The van der Waals surface area contributed by atoms with Crippen molar-refractivity contribution in [2.24, 2.45) is 11.8 Å². The van der Waals surface area contributed by atoms with Gasteiger partial charge in [0, 0.05) is 12.6 Å². The monoisotopic (exact) mass is 212 g/mol. The lowest BCUT2D eigenvalue weighted by Gasteiger charge is -2.35. The van der Waals surface area contributed by atoms with Crippen LogP contribution in [0.3, 0.4) is 0 Å². The summed E-state index contributed by atoms with van der Waals surface area (Å²) < 4.78 is 0. The van der Waals surface area contributed by atoms with Crippen molar-refractivity contribution in [1.29, 1.82) is 0 Å². The van der Waals surface area contributed by atoms with Crippen LogP contribution in [0.15, 0.2) is 0 Å². The van der Waals surface area contributed by atoms with E-state index in [9.17, 15) is 0 Å². The van der Waals surface area contributed by atoms with Gasteiger partial charge in [0.2, 0.25) is 0 Å². The van der Waals surface area contributed by atoms with E-state index < -0.39 is 0 Å². The Morgan fingerprint density at radius 1 is 1.33 bits per heavy atom. The summed E-state index contributed by atoms with van der Waals surface area (Å²) in [6.45, 7) is 14.2. The maximum absolute atomic E-state index is 3.67. The van der Waals surface area contributed by atoms with Crippen LogP contribution in [0.1, 0.15) is 40.5 Å². The van der Waals surface area contributed by atoms with Gasteiger partial charge in [-0.2, -0.15) is 0 Å². The molecule has 90 valence electrons. The second-order valence-corrected chi connectivity index (χ2v) is 5.39. The predicted octanol–water partition coefficient (Wildman–Crippen LogP) is 2.35. The molecule has 2 unspecified atom stereocenters. The maximum Gasteiger partial charge on any atom is 0.00793 e. The number of hydrogen-bond donors (Lipinski definition) is 1. The number of likely N-dealkylation sites (tertiary alicyclic amines) is 1. The van der Waals surface area contributed by atoms with Crippen molar-refractivity contribution in [3.8, 4) is 0 Å².